The molecule has 80 valence electrons. The lowest BCUT2D eigenvalue weighted by atomic mass is 10.1. The van der Waals surface area contributed by atoms with Crippen molar-refractivity contribution in [2.24, 2.45) is 0 Å². The number of aldehydes is 1. The van der Waals surface area contributed by atoms with Crippen molar-refractivity contribution in [2.45, 2.75) is 0 Å². The maximum Gasteiger partial charge on any atom is 0.326 e. The average molecular weight is 216 g/mol. The molecule has 0 bridgehead atoms. The third-order valence-electron chi connectivity index (χ3n) is 2.10. The molecule has 0 atom stereocenters. The highest BCUT2D eigenvalue weighted by Gasteiger charge is 2.22. The highest BCUT2D eigenvalue weighted by molar-refractivity contribution is 6.13. The molecule has 5 heteroatoms. The molecular weight excluding hydrogens is 208 g/mol. The maximum atomic E-state index is 11.2. The van der Waals surface area contributed by atoms with Gasteiger partial charge >= 0.3 is 6.03 Å². The first kappa shape index (κ1) is 10.1. The van der Waals surface area contributed by atoms with Crippen LogP contribution in [0.15, 0.2) is 30.0 Å². The summed E-state index contributed by atoms with van der Waals surface area (Å²) in [5, 5.41) is 4.47. The van der Waals surface area contributed by atoms with E-state index in [2.05, 4.69) is 10.6 Å². The number of amides is 3. The van der Waals surface area contributed by atoms with Crippen LogP contribution in [0.2, 0.25) is 0 Å². The zero-order chi connectivity index (χ0) is 11.5. The van der Waals surface area contributed by atoms with Gasteiger partial charge in [-0.25, -0.2) is 4.79 Å². The van der Waals surface area contributed by atoms with Crippen LogP contribution < -0.4 is 10.6 Å². The Morgan fingerprint density at radius 3 is 2.06 bits per heavy atom. The van der Waals surface area contributed by atoms with E-state index in [4.69, 9.17) is 0 Å². The molecule has 1 aliphatic heterocycles. The number of hydrogen-bond acceptors (Lipinski definition) is 3. The van der Waals surface area contributed by atoms with E-state index in [1.165, 1.54) is 6.08 Å². The molecule has 0 unspecified atom stereocenters. The third-order valence-corrected chi connectivity index (χ3v) is 2.10. The Morgan fingerprint density at radius 2 is 1.56 bits per heavy atom. The van der Waals surface area contributed by atoms with E-state index in [1.54, 1.807) is 24.3 Å². The summed E-state index contributed by atoms with van der Waals surface area (Å²) in [4.78, 5) is 32.4. The van der Waals surface area contributed by atoms with E-state index in [0.717, 1.165) is 11.8 Å². The molecule has 1 fully saturated rings. The van der Waals surface area contributed by atoms with Crippen molar-refractivity contribution in [1.29, 1.82) is 0 Å². The highest BCUT2D eigenvalue weighted by atomic mass is 16.2. The number of carbonyl (C=O) groups excluding carboxylic acids is 3. The zero-order valence-corrected chi connectivity index (χ0v) is 8.19. The van der Waals surface area contributed by atoms with Crippen molar-refractivity contribution in [3.8, 4) is 0 Å². The van der Waals surface area contributed by atoms with Crippen molar-refractivity contribution in [3.63, 3.8) is 0 Å². The second-order valence-electron chi connectivity index (χ2n) is 3.25. The van der Waals surface area contributed by atoms with Gasteiger partial charge in [-0.3, -0.25) is 14.9 Å². The van der Waals surface area contributed by atoms with E-state index in [-0.39, 0.29) is 5.70 Å². The molecule has 0 spiro atoms. The summed E-state index contributed by atoms with van der Waals surface area (Å²) in [6.07, 6.45) is 2.27. The van der Waals surface area contributed by atoms with E-state index >= 15 is 0 Å². The van der Waals surface area contributed by atoms with Gasteiger partial charge in [0.2, 0.25) is 0 Å². The number of imide groups is 1. The minimum atomic E-state index is -0.527. The van der Waals surface area contributed by atoms with E-state index < -0.39 is 11.9 Å². The molecule has 1 aliphatic rings. The molecule has 0 saturated carbocycles. The fourth-order valence-corrected chi connectivity index (χ4v) is 1.32. The van der Waals surface area contributed by atoms with Gasteiger partial charge in [-0.05, 0) is 11.6 Å². The Morgan fingerprint density at radius 1 is 0.938 bits per heavy atom. The predicted octanol–water partition coefficient (Wildman–Crippen LogP) is 0.679. The molecule has 1 saturated heterocycles. The molecule has 0 aliphatic carbocycles. The van der Waals surface area contributed by atoms with Gasteiger partial charge < -0.3 is 5.32 Å². The molecule has 5 nitrogen and oxygen atoms in total. The van der Waals surface area contributed by atoms with Crippen molar-refractivity contribution >= 4 is 24.3 Å². The highest BCUT2D eigenvalue weighted by Crippen LogP contribution is 2.09. The molecule has 1 aromatic carbocycles. The van der Waals surface area contributed by atoms with Crippen molar-refractivity contribution in [2.75, 3.05) is 0 Å². The second-order valence-corrected chi connectivity index (χ2v) is 3.25. The van der Waals surface area contributed by atoms with Crippen LogP contribution in [-0.2, 0) is 4.79 Å². The van der Waals surface area contributed by atoms with Crippen LogP contribution in [0.5, 0.6) is 0 Å². The molecule has 0 aromatic heterocycles. The molecule has 0 radical (unpaired) electrons. The lowest BCUT2D eigenvalue weighted by molar-refractivity contribution is -0.115. The van der Waals surface area contributed by atoms with Crippen LogP contribution >= 0.6 is 0 Å². The van der Waals surface area contributed by atoms with Crippen LogP contribution in [-0.4, -0.2) is 18.2 Å². The van der Waals surface area contributed by atoms with Gasteiger partial charge in [0.15, 0.2) is 0 Å². The number of urea groups is 1. The minimum absolute atomic E-state index is 0.198. The van der Waals surface area contributed by atoms with Gasteiger partial charge in [-0.2, -0.15) is 0 Å². The second kappa shape index (κ2) is 3.98. The molecule has 16 heavy (non-hydrogen) atoms. The fourth-order valence-electron chi connectivity index (χ4n) is 1.32. The van der Waals surface area contributed by atoms with Crippen LogP contribution in [0, 0.1) is 0 Å². The molecule has 1 heterocycles. The Hall–Kier alpha value is -2.43. The SMILES string of the molecule is O=Cc1ccc(C=C2NC(=O)NC2=O)cc1. The van der Waals surface area contributed by atoms with E-state index in [9.17, 15) is 14.4 Å². The summed E-state index contributed by atoms with van der Waals surface area (Å²) in [7, 11) is 0. The summed E-state index contributed by atoms with van der Waals surface area (Å²) < 4.78 is 0. The summed E-state index contributed by atoms with van der Waals surface area (Å²) in [5.41, 5.74) is 1.49. The predicted molar refractivity (Wildman–Crippen MR) is 56.5 cm³/mol. The zero-order valence-electron chi connectivity index (χ0n) is 8.19. The van der Waals surface area contributed by atoms with Crippen LogP contribution in [0.1, 0.15) is 15.9 Å². The molecular formula is C11H8N2O3. The van der Waals surface area contributed by atoms with Gasteiger partial charge in [0.25, 0.3) is 5.91 Å². The average Bonchev–Trinajstić information content (AvgIpc) is 2.59. The Bertz CT molecular complexity index is 488. The maximum absolute atomic E-state index is 11.2. The third kappa shape index (κ3) is 1.98. The first-order valence-electron chi connectivity index (χ1n) is 4.58. The van der Waals surface area contributed by atoms with Crippen molar-refractivity contribution in [1.82, 2.24) is 10.6 Å². The van der Waals surface area contributed by atoms with Gasteiger partial charge in [-0.15, -0.1) is 0 Å². The minimum Gasteiger partial charge on any atom is -0.303 e. The fraction of sp³-hybridized carbons (Fsp3) is 0. The Kier molecular flexibility index (Phi) is 2.51. The van der Waals surface area contributed by atoms with Crippen LogP contribution in [0.25, 0.3) is 6.08 Å². The summed E-state index contributed by atoms with van der Waals surface area (Å²) >= 11 is 0. The van der Waals surface area contributed by atoms with E-state index in [1.807, 2.05) is 0 Å². The first-order chi connectivity index (χ1) is 7.69. The number of benzene rings is 1. The molecule has 1 aromatic rings. The monoisotopic (exact) mass is 216 g/mol. The standard InChI is InChI=1S/C11H8N2O3/c14-6-8-3-1-7(2-4-8)5-9-10(15)13-11(16)12-9/h1-6H,(H2,12,13,15,16). The lowest BCUT2D eigenvalue weighted by Gasteiger charge is -1.96. The normalized spacial score (nSPS) is 17.1. The topological polar surface area (TPSA) is 75.3 Å². The van der Waals surface area contributed by atoms with Gasteiger partial charge in [0.05, 0.1) is 0 Å². The number of carbonyl (C=O) groups is 3. The number of rotatable bonds is 2. The van der Waals surface area contributed by atoms with Crippen LogP contribution in [0.4, 0.5) is 4.79 Å². The summed E-state index contributed by atoms with van der Waals surface area (Å²) in [6.45, 7) is 0. The van der Waals surface area contributed by atoms with Gasteiger partial charge in [-0.1, -0.05) is 24.3 Å². The van der Waals surface area contributed by atoms with Gasteiger partial charge in [0.1, 0.15) is 12.0 Å². The van der Waals surface area contributed by atoms with E-state index in [0.29, 0.717) is 5.56 Å². The quantitative estimate of drug-likeness (QED) is 0.433. The molecule has 2 rings (SSSR count). The van der Waals surface area contributed by atoms with Gasteiger partial charge in [0, 0.05) is 5.56 Å². The van der Waals surface area contributed by atoms with Crippen molar-refractivity contribution < 1.29 is 14.4 Å². The summed E-state index contributed by atoms with van der Waals surface area (Å²) in [6, 6.07) is 6.12. The first-order valence-corrected chi connectivity index (χ1v) is 4.58. The molecule has 3 amide bonds. The Balaban J connectivity index is 2.25. The summed E-state index contributed by atoms with van der Waals surface area (Å²) in [5.74, 6) is -0.454. The largest absolute Gasteiger partial charge is 0.326 e. The lowest BCUT2D eigenvalue weighted by Crippen LogP contribution is -2.22. The smallest absolute Gasteiger partial charge is 0.303 e. The Labute approximate surface area is 91.1 Å². The number of nitrogens with one attached hydrogen (secondary N) is 2. The number of hydrogen-bond donors (Lipinski definition) is 2. The molecule has 2 N–H and O–H groups in total. The van der Waals surface area contributed by atoms with Crippen LogP contribution in [0.3, 0.4) is 0 Å². The van der Waals surface area contributed by atoms with Crippen molar-refractivity contribution in [3.05, 3.63) is 41.1 Å².